The Labute approximate surface area is 633 Å². The fourth-order valence-electron chi connectivity index (χ4n) is 14.7. The second kappa shape index (κ2) is 53.3. The quantitative estimate of drug-likeness (QED) is 0.0306. The van der Waals surface area contributed by atoms with Gasteiger partial charge in [0.25, 0.3) is 0 Å². The number of unbranched alkanes of at least 4 members (excludes halogenated alkanes) is 31. The molecular formula is C76H139N3O28. The van der Waals surface area contributed by atoms with Crippen LogP contribution < -0.4 is 16.0 Å². The molecule has 626 valence electrons. The largest absolute Gasteiger partial charge is 0.394 e. The Morgan fingerprint density at radius 3 is 1.14 bits per heavy atom. The highest BCUT2D eigenvalue weighted by Crippen LogP contribution is 2.37. The molecule has 5 aliphatic rings. The van der Waals surface area contributed by atoms with Crippen molar-refractivity contribution >= 4 is 17.7 Å². The summed E-state index contributed by atoms with van der Waals surface area (Å²) in [6.45, 7) is 1.42. The van der Waals surface area contributed by atoms with E-state index in [1.165, 1.54) is 154 Å². The van der Waals surface area contributed by atoms with Crippen LogP contribution in [0.1, 0.15) is 246 Å². The Bertz CT molecular complexity index is 2380. The molecule has 107 heavy (non-hydrogen) atoms. The van der Waals surface area contributed by atoms with Gasteiger partial charge in [0.15, 0.2) is 31.5 Å². The van der Waals surface area contributed by atoms with Crippen molar-refractivity contribution in [2.75, 3.05) is 39.6 Å². The first-order valence-corrected chi connectivity index (χ1v) is 40.5. The fraction of sp³-hybridized carbons (Fsp3) is 0.934. The summed E-state index contributed by atoms with van der Waals surface area (Å²) in [5.74, 6) is -1.87. The molecule has 5 aliphatic heterocycles. The number of rotatable bonds is 55. The first-order chi connectivity index (χ1) is 51.6. The molecule has 0 aromatic carbocycles. The Hall–Kier alpha value is -2.85. The van der Waals surface area contributed by atoms with Crippen LogP contribution in [0.15, 0.2) is 12.2 Å². The lowest BCUT2D eigenvalue weighted by atomic mass is 9.93. The average molecular weight is 1540 g/mol. The second-order valence-corrected chi connectivity index (χ2v) is 30.0. The molecule has 3 amide bonds. The maximum Gasteiger partial charge on any atom is 0.220 e. The predicted molar refractivity (Wildman–Crippen MR) is 389 cm³/mol. The van der Waals surface area contributed by atoms with Gasteiger partial charge in [-0.15, -0.1) is 0 Å². The van der Waals surface area contributed by atoms with Gasteiger partial charge < -0.3 is 140 Å². The van der Waals surface area contributed by atoms with Crippen LogP contribution in [0.25, 0.3) is 0 Å². The van der Waals surface area contributed by atoms with Crippen molar-refractivity contribution in [1.29, 1.82) is 0 Å². The minimum absolute atomic E-state index is 0.196. The first-order valence-electron chi connectivity index (χ1n) is 40.5. The molecule has 0 aliphatic carbocycles. The summed E-state index contributed by atoms with van der Waals surface area (Å²) in [7, 11) is 0. The van der Waals surface area contributed by atoms with E-state index in [4.69, 9.17) is 47.4 Å². The minimum Gasteiger partial charge on any atom is -0.394 e. The van der Waals surface area contributed by atoms with Crippen molar-refractivity contribution in [3.63, 3.8) is 0 Å². The van der Waals surface area contributed by atoms with Crippen LogP contribution >= 0.6 is 0 Å². The van der Waals surface area contributed by atoms with E-state index < -0.39 is 217 Å². The fourth-order valence-corrected chi connectivity index (χ4v) is 14.7. The summed E-state index contributed by atoms with van der Waals surface area (Å²) in [6, 6.07) is -4.33. The number of aliphatic hydroxyl groups is 15. The smallest absolute Gasteiger partial charge is 0.220 e. The lowest BCUT2D eigenvalue weighted by Crippen LogP contribution is -2.71. The Morgan fingerprint density at radius 2 is 0.701 bits per heavy atom. The van der Waals surface area contributed by atoms with Crippen LogP contribution in [-0.4, -0.2) is 300 Å². The maximum atomic E-state index is 13.5. The first kappa shape index (κ1) is 94.7. The van der Waals surface area contributed by atoms with E-state index in [0.717, 1.165) is 58.8 Å². The van der Waals surface area contributed by atoms with Crippen molar-refractivity contribution in [3.05, 3.63) is 12.2 Å². The third kappa shape index (κ3) is 31.8. The summed E-state index contributed by atoms with van der Waals surface area (Å²) >= 11 is 0. The molecule has 5 fully saturated rings. The molecule has 0 aromatic rings. The van der Waals surface area contributed by atoms with Crippen LogP contribution in [0.4, 0.5) is 0 Å². The third-order valence-electron chi connectivity index (χ3n) is 21.1. The molecule has 5 rings (SSSR count). The number of aliphatic hydroxyl groups excluding tert-OH is 15. The van der Waals surface area contributed by atoms with Crippen LogP contribution in [0.5, 0.6) is 0 Å². The van der Waals surface area contributed by atoms with Gasteiger partial charge in [0, 0.05) is 20.3 Å². The van der Waals surface area contributed by atoms with Gasteiger partial charge in [-0.25, -0.2) is 0 Å². The topological polar surface area (TPSA) is 483 Å². The minimum atomic E-state index is -2.20. The van der Waals surface area contributed by atoms with E-state index in [1.54, 1.807) is 6.08 Å². The van der Waals surface area contributed by atoms with Gasteiger partial charge >= 0.3 is 0 Å². The molecule has 0 aromatic heterocycles. The van der Waals surface area contributed by atoms with Crippen molar-refractivity contribution in [2.45, 2.75) is 412 Å². The Kier molecular flexibility index (Phi) is 47.2. The van der Waals surface area contributed by atoms with Crippen molar-refractivity contribution < 1.29 is 138 Å². The van der Waals surface area contributed by atoms with E-state index in [1.807, 2.05) is 6.08 Å². The van der Waals surface area contributed by atoms with Gasteiger partial charge in [0.05, 0.1) is 51.8 Å². The number of carbonyl (C=O) groups is 3. The zero-order valence-corrected chi connectivity index (χ0v) is 64.0. The highest BCUT2D eigenvalue weighted by molar-refractivity contribution is 5.76. The summed E-state index contributed by atoms with van der Waals surface area (Å²) in [5, 5.41) is 174. The number of carbonyl (C=O) groups excluding carboxylic acids is 3. The highest BCUT2D eigenvalue weighted by atomic mass is 16.8. The standard InChI is InChI=1S/C76H139N3O28/c1-5-7-9-11-13-15-17-19-20-21-22-23-24-25-26-28-30-32-34-36-38-40-56(88)79-49(50(87)39-37-35-33-31-29-27-18-16-14-12-10-8-6-2)46-98-74-65(95)63(93)68(54(44-83)102-74)104-75-66(96)64(94)69(55(45-84)103-75)105-76-67(97)71(61(91)53(43-82)101-76)107-73-58(78-48(4)86)70(60(90)52(42-81)100-73)106-72-57(77-47(3)85)62(92)59(89)51(41-80)99-72/h37,39,49-55,57-76,80-84,87,89-97H,5-36,38,40-46H2,1-4H3,(H,77,85)(H,78,86)(H,79,88)/b39-37+/t49-,50+,51+,52+,53+,54+,55+,57+,58+,59-,60-,61-,62+,63+,64+,65+,66+,67+,68+,69-,70+,71-,72+,73-,74+,75-,76+/m0/s1. The SMILES string of the molecule is CCCCCCCCCCCCC/C=C/[C@@H](O)[C@H](CO[C@@H]1O[C@H](CO)[C@@H](O[C@@H]2O[C@H](CO)[C@H](O[C@H]3O[C@H](CO)[C@H](O)[C@H](O[C@@H]4O[C@H](CO)[C@H](O)[C@H](O[C@H]5O[C@H](CO)[C@H](O)[C@H](O)[C@H]5NC(C)=O)[C@H]4NC(C)=O)[C@H]3O)[C@H](O)[C@H]2O)[C@H](O)[C@H]1O)NC(=O)CCCCCCCCCCCCCCCCCCCCCCC. The van der Waals surface area contributed by atoms with Gasteiger partial charge in [0.1, 0.15) is 122 Å². The van der Waals surface area contributed by atoms with Gasteiger partial charge in [-0.3, -0.25) is 14.4 Å². The molecule has 0 saturated carbocycles. The van der Waals surface area contributed by atoms with Gasteiger partial charge in [-0.05, 0) is 19.3 Å². The number of hydrogen-bond acceptors (Lipinski definition) is 28. The van der Waals surface area contributed by atoms with E-state index >= 15 is 0 Å². The zero-order valence-electron chi connectivity index (χ0n) is 64.0. The van der Waals surface area contributed by atoms with Gasteiger partial charge in [-0.1, -0.05) is 219 Å². The number of amides is 3. The second-order valence-electron chi connectivity index (χ2n) is 30.0. The normalized spacial score (nSPS) is 34.0. The van der Waals surface area contributed by atoms with Gasteiger partial charge in [-0.2, -0.15) is 0 Å². The summed E-state index contributed by atoms with van der Waals surface area (Å²) in [5.41, 5.74) is 0. The van der Waals surface area contributed by atoms with Crippen molar-refractivity contribution in [3.8, 4) is 0 Å². The highest BCUT2D eigenvalue weighted by Gasteiger charge is 2.57. The molecule has 0 unspecified atom stereocenters. The van der Waals surface area contributed by atoms with Crippen molar-refractivity contribution in [1.82, 2.24) is 16.0 Å². The van der Waals surface area contributed by atoms with E-state index in [0.29, 0.717) is 12.8 Å². The van der Waals surface area contributed by atoms with Crippen LogP contribution in [0, 0.1) is 0 Å². The van der Waals surface area contributed by atoms with Crippen LogP contribution in [0.2, 0.25) is 0 Å². The summed E-state index contributed by atoms with van der Waals surface area (Å²) in [6.07, 6.45) is -0.900. The predicted octanol–water partition coefficient (Wildman–Crippen LogP) is 2.09. The molecule has 18 N–H and O–H groups in total. The van der Waals surface area contributed by atoms with Crippen LogP contribution in [-0.2, 0) is 61.8 Å². The molecule has 31 heteroatoms. The van der Waals surface area contributed by atoms with E-state index in [2.05, 4.69) is 29.8 Å². The molecule has 31 nitrogen and oxygen atoms in total. The molecule has 0 spiro atoms. The molecule has 5 saturated heterocycles. The number of nitrogens with one attached hydrogen (secondary N) is 3. The summed E-state index contributed by atoms with van der Waals surface area (Å²) in [4.78, 5) is 38.6. The lowest BCUT2D eigenvalue weighted by molar-refractivity contribution is -0.388. The van der Waals surface area contributed by atoms with Crippen LogP contribution in [0.3, 0.4) is 0 Å². The number of allylic oxidation sites excluding steroid dienone is 1. The molecule has 27 atom stereocenters. The Balaban J connectivity index is 1.17. The molecular weight excluding hydrogens is 1400 g/mol. The molecule has 5 heterocycles. The lowest BCUT2D eigenvalue weighted by Gasteiger charge is -2.50. The summed E-state index contributed by atoms with van der Waals surface area (Å²) < 4.78 is 59.1. The van der Waals surface area contributed by atoms with E-state index in [9.17, 15) is 91.0 Å². The Morgan fingerprint density at radius 1 is 0.364 bits per heavy atom. The third-order valence-corrected chi connectivity index (χ3v) is 21.1. The molecule has 0 bridgehead atoms. The van der Waals surface area contributed by atoms with E-state index in [-0.39, 0.29) is 12.3 Å². The zero-order chi connectivity index (χ0) is 78.2. The molecule has 0 radical (unpaired) electrons. The van der Waals surface area contributed by atoms with Gasteiger partial charge in [0.2, 0.25) is 17.7 Å². The average Bonchev–Trinajstić information content (AvgIpc) is 0.771. The number of ether oxygens (including phenoxy) is 10. The monoisotopic (exact) mass is 1540 g/mol. The van der Waals surface area contributed by atoms with Crippen molar-refractivity contribution in [2.24, 2.45) is 0 Å². The maximum absolute atomic E-state index is 13.5. The number of hydrogen-bond donors (Lipinski definition) is 18.